The Hall–Kier alpha value is -1.50. The number of nitrogens with zero attached hydrogens (tertiary/aromatic N) is 2. The number of rotatable bonds is 5. The van der Waals surface area contributed by atoms with Crippen LogP contribution in [0.15, 0.2) is 35.1 Å². The number of nitrogens with one attached hydrogen (secondary N) is 1. The topological polar surface area (TPSA) is 29.9 Å². The molecule has 0 aliphatic rings. The molecule has 0 radical (unpaired) electrons. The van der Waals surface area contributed by atoms with Gasteiger partial charge in [0.25, 0.3) is 0 Å². The molecule has 0 aliphatic heterocycles. The number of halogens is 4. The van der Waals surface area contributed by atoms with Crippen LogP contribution >= 0.6 is 15.9 Å². The fourth-order valence-electron chi connectivity index (χ4n) is 1.91. The van der Waals surface area contributed by atoms with E-state index in [0.717, 1.165) is 30.7 Å². The molecule has 1 aromatic heterocycles. The molecule has 0 atom stereocenters. The Morgan fingerprint density at radius 3 is 2.71 bits per heavy atom. The summed E-state index contributed by atoms with van der Waals surface area (Å²) in [6.45, 7) is 3.31. The number of aromatic nitrogens is 2. The minimum Gasteiger partial charge on any atom is -0.381 e. The molecule has 0 spiro atoms. The van der Waals surface area contributed by atoms with Crippen LogP contribution in [0.1, 0.15) is 24.5 Å². The molecule has 3 nitrogen and oxygen atoms in total. The van der Waals surface area contributed by atoms with E-state index in [1.807, 2.05) is 10.9 Å². The van der Waals surface area contributed by atoms with Crippen molar-refractivity contribution in [3.63, 3.8) is 0 Å². The minimum atomic E-state index is -4.35. The first-order valence-corrected chi connectivity index (χ1v) is 7.31. The van der Waals surface area contributed by atoms with Crippen LogP contribution in [0.5, 0.6) is 0 Å². The highest BCUT2D eigenvalue weighted by atomic mass is 79.9. The molecule has 2 rings (SSSR count). The first-order chi connectivity index (χ1) is 9.88. The van der Waals surface area contributed by atoms with Crippen molar-refractivity contribution in [2.45, 2.75) is 32.6 Å². The van der Waals surface area contributed by atoms with Gasteiger partial charge in [0.1, 0.15) is 0 Å². The molecule has 7 heteroatoms. The highest BCUT2D eigenvalue weighted by Crippen LogP contribution is 2.33. The van der Waals surface area contributed by atoms with Crippen molar-refractivity contribution in [2.24, 2.45) is 0 Å². The van der Waals surface area contributed by atoms with Crippen molar-refractivity contribution in [3.8, 4) is 0 Å². The lowest BCUT2D eigenvalue weighted by molar-refractivity contribution is -0.137. The van der Waals surface area contributed by atoms with E-state index in [1.165, 1.54) is 0 Å². The third-order valence-electron chi connectivity index (χ3n) is 2.86. The summed E-state index contributed by atoms with van der Waals surface area (Å²) in [5.41, 5.74) is 0.665. The van der Waals surface area contributed by atoms with Crippen molar-refractivity contribution in [1.82, 2.24) is 9.78 Å². The fourth-order valence-corrected chi connectivity index (χ4v) is 2.40. The van der Waals surface area contributed by atoms with Crippen LogP contribution in [0, 0.1) is 0 Å². The summed E-state index contributed by atoms with van der Waals surface area (Å²) in [4.78, 5) is 0. The molecule has 0 saturated carbocycles. The summed E-state index contributed by atoms with van der Waals surface area (Å²) >= 11 is 3.10. The smallest absolute Gasteiger partial charge is 0.381 e. The van der Waals surface area contributed by atoms with Gasteiger partial charge >= 0.3 is 6.18 Å². The summed E-state index contributed by atoms with van der Waals surface area (Å²) in [7, 11) is 0. The first kappa shape index (κ1) is 15.9. The lowest BCUT2D eigenvalue weighted by Crippen LogP contribution is -2.06. The van der Waals surface area contributed by atoms with E-state index in [0.29, 0.717) is 16.7 Å². The van der Waals surface area contributed by atoms with Gasteiger partial charge in [-0.1, -0.05) is 22.9 Å². The largest absolute Gasteiger partial charge is 0.416 e. The van der Waals surface area contributed by atoms with Crippen molar-refractivity contribution < 1.29 is 13.2 Å². The monoisotopic (exact) mass is 361 g/mol. The Kier molecular flexibility index (Phi) is 4.92. The summed E-state index contributed by atoms with van der Waals surface area (Å²) < 4.78 is 40.4. The van der Waals surface area contributed by atoms with Gasteiger partial charge < -0.3 is 5.32 Å². The Morgan fingerprint density at radius 1 is 1.29 bits per heavy atom. The van der Waals surface area contributed by atoms with Gasteiger partial charge in [-0.05, 0) is 24.6 Å². The van der Waals surface area contributed by atoms with Crippen molar-refractivity contribution in [1.29, 1.82) is 0 Å². The van der Waals surface area contributed by atoms with Crippen molar-refractivity contribution in [2.75, 3.05) is 5.32 Å². The Bertz CT molecular complexity index is 608. The molecule has 0 unspecified atom stereocenters. The van der Waals surface area contributed by atoms with Crippen LogP contribution in [-0.4, -0.2) is 9.78 Å². The van der Waals surface area contributed by atoms with Crippen LogP contribution < -0.4 is 5.32 Å². The van der Waals surface area contributed by atoms with Crippen molar-refractivity contribution >= 4 is 21.6 Å². The summed E-state index contributed by atoms with van der Waals surface area (Å²) in [6.07, 6.45) is 0.228. The molecule has 0 bridgehead atoms. The summed E-state index contributed by atoms with van der Waals surface area (Å²) in [6, 6.07) is 3.78. The normalized spacial score (nSPS) is 11.7. The van der Waals surface area contributed by atoms with E-state index < -0.39 is 11.7 Å². The number of alkyl halides is 3. The predicted molar refractivity (Wildman–Crippen MR) is 79.0 cm³/mol. The second-order valence-corrected chi connectivity index (χ2v) is 5.61. The lowest BCUT2D eigenvalue weighted by Gasteiger charge is -2.11. The van der Waals surface area contributed by atoms with Crippen LogP contribution in [0.3, 0.4) is 0 Å². The van der Waals surface area contributed by atoms with E-state index in [9.17, 15) is 13.2 Å². The number of hydrogen-bond acceptors (Lipinski definition) is 2. The third-order valence-corrected chi connectivity index (χ3v) is 3.32. The second kappa shape index (κ2) is 6.51. The van der Waals surface area contributed by atoms with Crippen molar-refractivity contribution in [3.05, 3.63) is 46.2 Å². The lowest BCUT2D eigenvalue weighted by atomic mass is 10.2. The van der Waals surface area contributed by atoms with Gasteiger partial charge in [0.05, 0.1) is 11.8 Å². The predicted octanol–water partition coefficient (Wildman–Crippen LogP) is 4.69. The second-order valence-electron chi connectivity index (χ2n) is 4.69. The Balaban J connectivity index is 2.07. The Labute approximate surface area is 129 Å². The fraction of sp³-hybridized carbons (Fsp3) is 0.357. The Morgan fingerprint density at radius 2 is 2.05 bits per heavy atom. The molecular formula is C14H15BrF3N3. The quantitative estimate of drug-likeness (QED) is 0.837. The van der Waals surface area contributed by atoms with E-state index in [4.69, 9.17) is 0 Å². The van der Waals surface area contributed by atoms with Gasteiger partial charge in [0.15, 0.2) is 0 Å². The van der Waals surface area contributed by atoms with Crippen LogP contribution in [0.25, 0.3) is 0 Å². The van der Waals surface area contributed by atoms with Gasteiger partial charge in [-0.2, -0.15) is 18.3 Å². The van der Waals surface area contributed by atoms with Gasteiger partial charge in [-0.15, -0.1) is 0 Å². The molecule has 1 heterocycles. The highest BCUT2D eigenvalue weighted by molar-refractivity contribution is 9.10. The average molecular weight is 362 g/mol. The van der Waals surface area contributed by atoms with Crippen LogP contribution in [-0.2, 0) is 19.3 Å². The number of benzene rings is 1. The highest BCUT2D eigenvalue weighted by Gasteiger charge is 2.31. The van der Waals surface area contributed by atoms with Crippen LogP contribution in [0.2, 0.25) is 0 Å². The maximum atomic E-state index is 12.7. The summed E-state index contributed by atoms with van der Waals surface area (Å²) in [5, 5.41) is 7.17. The van der Waals surface area contributed by atoms with Gasteiger partial charge in [0, 0.05) is 35.0 Å². The van der Waals surface area contributed by atoms with Gasteiger partial charge in [-0.3, -0.25) is 4.68 Å². The zero-order chi connectivity index (χ0) is 15.5. The zero-order valence-electron chi connectivity index (χ0n) is 11.4. The molecule has 0 fully saturated rings. The van der Waals surface area contributed by atoms with E-state index in [2.05, 4.69) is 33.3 Å². The summed E-state index contributed by atoms with van der Waals surface area (Å²) in [5.74, 6) is 0. The van der Waals surface area contributed by atoms with Gasteiger partial charge in [-0.25, -0.2) is 0 Å². The average Bonchev–Trinajstić information content (AvgIpc) is 2.83. The number of hydrogen-bond donors (Lipinski definition) is 1. The standard InChI is InChI=1S/C14H15BrF3N3/c1-2-3-21-9-10(8-20-21)7-19-13-5-11(14(16,17)18)4-12(15)6-13/h4-6,8-9,19H,2-3,7H2,1H3. The third kappa shape index (κ3) is 4.49. The molecule has 21 heavy (non-hydrogen) atoms. The molecule has 0 aliphatic carbocycles. The molecule has 1 N–H and O–H groups in total. The number of aryl methyl sites for hydroxylation is 1. The molecule has 0 amide bonds. The molecule has 0 saturated heterocycles. The van der Waals surface area contributed by atoms with E-state index in [-0.39, 0.29) is 0 Å². The van der Waals surface area contributed by atoms with Gasteiger partial charge in [0.2, 0.25) is 0 Å². The van der Waals surface area contributed by atoms with E-state index in [1.54, 1.807) is 12.3 Å². The molecule has 114 valence electrons. The maximum Gasteiger partial charge on any atom is 0.416 e. The van der Waals surface area contributed by atoms with Crippen LogP contribution in [0.4, 0.5) is 18.9 Å². The first-order valence-electron chi connectivity index (χ1n) is 6.51. The minimum absolute atomic E-state index is 0.390. The molecule has 2 aromatic rings. The SMILES string of the molecule is CCCn1cc(CNc2cc(Br)cc(C(F)(F)F)c2)cn1. The zero-order valence-corrected chi connectivity index (χ0v) is 13.0. The number of anilines is 1. The molecule has 1 aromatic carbocycles. The molecular weight excluding hydrogens is 347 g/mol. The maximum absolute atomic E-state index is 12.7. The van der Waals surface area contributed by atoms with E-state index >= 15 is 0 Å².